The van der Waals surface area contributed by atoms with Crippen molar-refractivity contribution >= 4 is 11.6 Å². The van der Waals surface area contributed by atoms with Crippen molar-refractivity contribution in [3.63, 3.8) is 0 Å². The average Bonchev–Trinajstić information content (AvgIpc) is 2.74. The van der Waals surface area contributed by atoms with Gasteiger partial charge in [-0.2, -0.15) is 13.2 Å². The van der Waals surface area contributed by atoms with E-state index in [1.165, 1.54) is 19.9 Å². The second-order valence-electron chi connectivity index (χ2n) is 5.01. The first-order chi connectivity index (χ1) is 10.5. The molecule has 0 saturated carbocycles. The molecule has 7 nitrogen and oxygen atoms in total. The summed E-state index contributed by atoms with van der Waals surface area (Å²) in [6.45, 7) is 2.48. The van der Waals surface area contributed by atoms with Gasteiger partial charge in [-0.05, 0) is 26.0 Å². The Morgan fingerprint density at radius 1 is 1.39 bits per heavy atom. The van der Waals surface area contributed by atoms with Gasteiger partial charge in [0.25, 0.3) is 17.3 Å². The number of halogens is 3. The molecular formula is C13H12F3N3O4. The molecule has 0 spiro atoms. The van der Waals surface area contributed by atoms with Crippen LogP contribution in [0, 0.1) is 17.0 Å². The second kappa shape index (κ2) is 5.23. The minimum atomic E-state index is -5.15. The van der Waals surface area contributed by atoms with Crippen LogP contribution in [-0.4, -0.2) is 32.8 Å². The number of nitro benzene ring substituents is 1. The molecule has 0 bridgehead atoms. The summed E-state index contributed by atoms with van der Waals surface area (Å²) in [6, 6.07) is 3.46. The van der Waals surface area contributed by atoms with Gasteiger partial charge in [0.15, 0.2) is 0 Å². The molecule has 1 aliphatic heterocycles. The van der Waals surface area contributed by atoms with Crippen molar-refractivity contribution in [2.45, 2.75) is 25.7 Å². The summed E-state index contributed by atoms with van der Waals surface area (Å²) in [5, 5.41) is 20.8. The van der Waals surface area contributed by atoms with Crippen molar-refractivity contribution in [3.05, 3.63) is 51.2 Å². The predicted molar refractivity (Wildman–Crippen MR) is 71.9 cm³/mol. The van der Waals surface area contributed by atoms with Crippen molar-refractivity contribution in [1.82, 2.24) is 10.4 Å². The molecule has 1 atom stereocenters. The summed E-state index contributed by atoms with van der Waals surface area (Å²) < 4.78 is 39.3. The first-order valence-electron chi connectivity index (χ1n) is 6.33. The van der Waals surface area contributed by atoms with Crippen LogP contribution in [0.4, 0.5) is 18.9 Å². The Hall–Kier alpha value is -2.62. The van der Waals surface area contributed by atoms with Crippen LogP contribution in [0.5, 0.6) is 0 Å². The van der Waals surface area contributed by atoms with Crippen LogP contribution < -0.4 is 5.43 Å². The van der Waals surface area contributed by atoms with Gasteiger partial charge >= 0.3 is 6.18 Å². The van der Waals surface area contributed by atoms with Crippen molar-refractivity contribution < 1.29 is 28.0 Å². The Balaban J connectivity index is 2.50. The predicted octanol–water partition coefficient (Wildman–Crippen LogP) is 2.02. The Kier molecular flexibility index (Phi) is 3.81. The van der Waals surface area contributed by atoms with Crippen LogP contribution >= 0.6 is 0 Å². The smallest absolute Gasteiger partial charge is 0.359 e. The number of nitro groups is 1. The number of nitrogens with one attached hydrogen (secondary N) is 1. The average molecular weight is 331 g/mol. The molecule has 1 amide bonds. The molecule has 1 aliphatic rings. The van der Waals surface area contributed by atoms with Crippen LogP contribution in [-0.2, 0) is 0 Å². The maximum Gasteiger partial charge on any atom is 0.442 e. The van der Waals surface area contributed by atoms with Gasteiger partial charge in [-0.3, -0.25) is 20.3 Å². The van der Waals surface area contributed by atoms with Gasteiger partial charge in [0.05, 0.1) is 10.5 Å². The summed E-state index contributed by atoms with van der Waals surface area (Å²) in [4.78, 5) is 22.5. The van der Waals surface area contributed by atoms with E-state index in [1.54, 1.807) is 0 Å². The second-order valence-corrected chi connectivity index (χ2v) is 5.01. The van der Waals surface area contributed by atoms with E-state index in [2.05, 4.69) is 5.43 Å². The molecule has 0 radical (unpaired) electrons. The summed E-state index contributed by atoms with van der Waals surface area (Å²) in [6.07, 6.45) is -4.69. The molecule has 10 heteroatoms. The van der Waals surface area contributed by atoms with E-state index in [4.69, 9.17) is 0 Å². The quantitative estimate of drug-likeness (QED) is 0.638. The minimum Gasteiger partial charge on any atom is -0.359 e. The lowest BCUT2D eigenvalue weighted by Gasteiger charge is -2.34. The molecule has 0 aromatic heterocycles. The van der Waals surface area contributed by atoms with E-state index in [-0.39, 0.29) is 21.8 Å². The zero-order valence-corrected chi connectivity index (χ0v) is 12.0. The highest BCUT2D eigenvalue weighted by Gasteiger charge is 2.61. The fourth-order valence-electron chi connectivity index (χ4n) is 2.25. The fraction of sp³-hybridized carbons (Fsp3) is 0.308. The number of rotatable bonds is 2. The van der Waals surface area contributed by atoms with Gasteiger partial charge in [-0.25, -0.2) is 5.01 Å². The fourth-order valence-corrected chi connectivity index (χ4v) is 2.25. The van der Waals surface area contributed by atoms with Crippen LogP contribution in [0.1, 0.15) is 22.8 Å². The molecule has 0 fully saturated rings. The maximum atomic E-state index is 13.1. The monoisotopic (exact) mass is 331 g/mol. The highest BCUT2D eigenvalue weighted by Crippen LogP contribution is 2.38. The zero-order chi connectivity index (χ0) is 17.6. The summed E-state index contributed by atoms with van der Waals surface area (Å²) in [5.41, 5.74) is -2.32. The molecule has 1 heterocycles. The van der Waals surface area contributed by atoms with E-state index in [0.717, 1.165) is 12.1 Å². The zero-order valence-electron chi connectivity index (χ0n) is 12.0. The molecular weight excluding hydrogens is 319 g/mol. The maximum absolute atomic E-state index is 13.1. The number of hydrogen-bond acceptors (Lipinski definition) is 5. The largest absolute Gasteiger partial charge is 0.442 e. The van der Waals surface area contributed by atoms with Crippen LogP contribution in [0.15, 0.2) is 30.0 Å². The van der Waals surface area contributed by atoms with Crippen molar-refractivity contribution in [1.29, 1.82) is 0 Å². The molecule has 124 valence electrons. The standard InChI is InChI=1S/C13H12F3N3O4/c1-7-6-12(21,13(14,15)16)18(17-7)11(20)9-4-3-5-10(8(9)2)19(22)23/h3-6,17,21H,1-2H3. The Labute approximate surface area is 128 Å². The highest BCUT2D eigenvalue weighted by atomic mass is 19.4. The lowest BCUT2D eigenvalue weighted by atomic mass is 10.0. The van der Waals surface area contributed by atoms with Crippen LogP contribution in [0.2, 0.25) is 0 Å². The lowest BCUT2D eigenvalue weighted by Crippen LogP contribution is -2.60. The minimum absolute atomic E-state index is 0.00833. The number of allylic oxidation sites excluding steroid dienone is 1. The van der Waals surface area contributed by atoms with Gasteiger partial charge in [0, 0.05) is 17.3 Å². The highest BCUT2D eigenvalue weighted by molar-refractivity contribution is 5.97. The van der Waals surface area contributed by atoms with Gasteiger partial charge in [-0.1, -0.05) is 6.07 Å². The molecule has 1 unspecified atom stereocenters. The summed E-state index contributed by atoms with van der Waals surface area (Å²) in [7, 11) is 0. The third kappa shape index (κ3) is 2.61. The number of benzene rings is 1. The van der Waals surface area contributed by atoms with Gasteiger partial charge in [0.1, 0.15) is 0 Å². The number of alkyl halides is 3. The summed E-state index contributed by atoms with van der Waals surface area (Å²) in [5.74, 6) is -1.24. The van der Waals surface area contributed by atoms with Gasteiger partial charge in [0.2, 0.25) is 0 Å². The molecule has 2 N–H and O–H groups in total. The number of hydrazine groups is 1. The molecule has 2 rings (SSSR count). The molecule has 23 heavy (non-hydrogen) atoms. The van der Waals surface area contributed by atoms with Gasteiger partial charge < -0.3 is 5.11 Å². The summed E-state index contributed by atoms with van der Waals surface area (Å²) >= 11 is 0. The third-order valence-corrected chi connectivity index (χ3v) is 3.40. The van der Waals surface area contributed by atoms with Gasteiger partial charge in [-0.15, -0.1) is 0 Å². The number of carbonyl (C=O) groups is 1. The Morgan fingerprint density at radius 2 is 2.00 bits per heavy atom. The number of carbonyl (C=O) groups excluding carboxylic acids is 1. The van der Waals surface area contributed by atoms with Crippen LogP contribution in [0.25, 0.3) is 0 Å². The third-order valence-electron chi connectivity index (χ3n) is 3.40. The van der Waals surface area contributed by atoms with E-state index < -0.39 is 28.4 Å². The molecule has 0 saturated heterocycles. The van der Waals surface area contributed by atoms with Crippen molar-refractivity contribution in [2.75, 3.05) is 0 Å². The molecule has 1 aromatic rings. The number of amides is 1. The SMILES string of the molecule is CC1=CC(O)(C(F)(F)F)N(C(=O)c2cccc([N+](=O)[O-])c2C)N1. The normalized spacial score (nSPS) is 21.0. The first-order valence-corrected chi connectivity index (χ1v) is 6.33. The first kappa shape index (κ1) is 16.7. The van der Waals surface area contributed by atoms with Crippen molar-refractivity contribution in [2.24, 2.45) is 0 Å². The molecule has 1 aromatic carbocycles. The molecule has 0 aliphatic carbocycles. The lowest BCUT2D eigenvalue weighted by molar-refractivity contribution is -0.385. The van der Waals surface area contributed by atoms with Crippen molar-refractivity contribution in [3.8, 4) is 0 Å². The Morgan fingerprint density at radius 3 is 2.52 bits per heavy atom. The van der Waals surface area contributed by atoms with E-state index >= 15 is 0 Å². The van der Waals surface area contributed by atoms with Crippen LogP contribution in [0.3, 0.4) is 0 Å². The number of nitrogens with zero attached hydrogens (tertiary/aromatic N) is 2. The van der Waals surface area contributed by atoms with E-state index in [0.29, 0.717) is 6.08 Å². The number of hydrogen-bond donors (Lipinski definition) is 2. The Bertz CT molecular complexity index is 717. The topological polar surface area (TPSA) is 95.7 Å². The van der Waals surface area contributed by atoms with E-state index in [1.807, 2.05) is 0 Å². The number of aliphatic hydroxyl groups is 1. The van der Waals surface area contributed by atoms with E-state index in [9.17, 15) is 33.2 Å².